The monoisotopic (exact) mass is 378 g/mol. The molecule has 1 unspecified atom stereocenters. The molecule has 0 aliphatic heterocycles. The van der Waals surface area contributed by atoms with Crippen LogP contribution in [-0.4, -0.2) is 61.1 Å². The number of nitrogens with one attached hydrogen (secondary N) is 1. The summed E-state index contributed by atoms with van der Waals surface area (Å²) in [6, 6.07) is 2.07. The fourth-order valence-corrected chi connectivity index (χ4v) is 2.60. The van der Waals surface area contributed by atoms with Crippen molar-refractivity contribution in [1.29, 1.82) is 0 Å². The van der Waals surface area contributed by atoms with E-state index in [1.54, 1.807) is 12.1 Å². The second-order valence-corrected chi connectivity index (χ2v) is 5.86. The van der Waals surface area contributed by atoms with Gasteiger partial charge in [0.2, 0.25) is 5.91 Å². The molecule has 0 spiro atoms. The van der Waals surface area contributed by atoms with Crippen LogP contribution in [0.5, 0.6) is 11.5 Å². The number of carbonyl (C=O) groups is 3. The molecule has 8 heteroatoms. The molecule has 1 rings (SSSR count). The molecule has 2 amide bonds. The zero-order chi connectivity index (χ0) is 20.6. The average molecular weight is 378 g/mol. The van der Waals surface area contributed by atoms with Crippen LogP contribution in [0.1, 0.15) is 29.8 Å². The van der Waals surface area contributed by atoms with Gasteiger partial charge in [-0.2, -0.15) is 0 Å². The number of hydrogen-bond acceptors (Lipinski definition) is 5. The lowest BCUT2D eigenvalue weighted by Crippen LogP contribution is -2.46. The molecule has 2 N–H and O–H groups in total. The minimum Gasteiger partial charge on any atom is -0.493 e. The maximum Gasteiger partial charge on any atom is 0.326 e. The molecule has 8 nitrogen and oxygen atoms in total. The molecule has 1 aromatic rings. The van der Waals surface area contributed by atoms with Gasteiger partial charge in [-0.1, -0.05) is 6.08 Å². The second kappa shape index (κ2) is 10.2. The fourth-order valence-electron chi connectivity index (χ4n) is 2.60. The fraction of sp³-hybridized carbons (Fsp3) is 0.421. The van der Waals surface area contributed by atoms with Gasteiger partial charge in [0, 0.05) is 31.1 Å². The maximum absolute atomic E-state index is 13.0. The average Bonchev–Trinajstić information content (AvgIpc) is 2.63. The summed E-state index contributed by atoms with van der Waals surface area (Å²) in [4.78, 5) is 36.7. The summed E-state index contributed by atoms with van der Waals surface area (Å²) in [5.74, 6) is -1.03. The number of carboxylic acids is 1. The van der Waals surface area contributed by atoms with Crippen LogP contribution in [0.4, 0.5) is 0 Å². The lowest BCUT2D eigenvalue weighted by molar-refractivity contribution is -0.141. The third-order valence-electron chi connectivity index (χ3n) is 3.98. The first-order valence-electron chi connectivity index (χ1n) is 8.40. The van der Waals surface area contributed by atoms with Crippen molar-refractivity contribution in [2.24, 2.45) is 0 Å². The van der Waals surface area contributed by atoms with Gasteiger partial charge in [0.05, 0.1) is 14.2 Å². The molecular formula is C19H26N2O6. The van der Waals surface area contributed by atoms with Gasteiger partial charge in [-0.15, -0.1) is 6.58 Å². The highest BCUT2D eigenvalue weighted by Crippen LogP contribution is 2.33. The Morgan fingerprint density at radius 1 is 1.30 bits per heavy atom. The van der Waals surface area contributed by atoms with Crippen LogP contribution < -0.4 is 14.8 Å². The zero-order valence-electron chi connectivity index (χ0n) is 16.1. The van der Waals surface area contributed by atoms with Crippen molar-refractivity contribution in [3.63, 3.8) is 0 Å². The highest BCUT2D eigenvalue weighted by Gasteiger charge is 2.27. The Bertz CT molecular complexity index is 716. The molecule has 1 aromatic carbocycles. The number of methoxy groups -OCH3 is 2. The summed E-state index contributed by atoms with van der Waals surface area (Å²) in [6.07, 6.45) is 2.11. The first-order chi connectivity index (χ1) is 12.8. The molecule has 0 bridgehead atoms. The summed E-state index contributed by atoms with van der Waals surface area (Å²) in [5.41, 5.74) is 0.959. The minimum absolute atomic E-state index is 0.0526. The van der Waals surface area contributed by atoms with Crippen LogP contribution in [0.25, 0.3) is 0 Å². The van der Waals surface area contributed by atoms with Crippen molar-refractivity contribution in [3.05, 3.63) is 35.9 Å². The Kier molecular flexibility index (Phi) is 8.32. The first kappa shape index (κ1) is 22.0. The molecule has 0 aromatic heterocycles. The number of allylic oxidation sites excluding steroid dienone is 1. The van der Waals surface area contributed by atoms with E-state index >= 15 is 0 Å². The van der Waals surface area contributed by atoms with E-state index in [-0.39, 0.29) is 24.6 Å². The maximum atomic E-state index is 13.0. The number of benzene rings is 1. The van der Waals surface area contributed by atoms with Crippen molar-refractivity contribution in [2.45, 2.75) is 26.3 Å². The van der Waals surface area contributed by atoms with Crippen LogP contribution in [0, 0.1) is 0 Å². The highest BCUT2D eigenvalue weighted by atomic mass is 16.5. The van der Waals surface area contributed by atoms with Crippen LogP contribution >= 0.6 is 0 Å². The van der Waals surface area contributed by atoms with Gasteiger partial charge in [0.15, 0.2) is 11.5 Å². The normalized spacial score (nSPS) is 11.3. The Hall–Kier alpha value is -3.03. The first-order valence-corrected chi connectivity index (χ1v) is 8.40. The summed E-state index contributed by atoms with van der Waals surface area (Å²) in [7, 11) is 2.95. The van der Waals surface area contributed by atoms with Gasteiger partial charge in [-0.25, -0.2) is 4.79 Å². The third kappa shape index (κ3) is 5.73. The summed E-state index contributed by atoms with van der Waals surface area (Å²) >= 11 is 0. The standard InChI is InChI=1S/C19H26N2O6/c1-6-7-14-10-15(11-16(26-4)17(14)27-5)18(23)21(12(2)19(24)25)9-8-20-13(3)22/h6,10-12H,1,7-9H2,2-5H3,(H,20,22)(H,24,25). The third-order valence-corrected chi connectivity index (χ3v) is 3.98. The molecule has 0 aliphatic rings. The minimum atomic E-state index is -1.14. The van der Waals surface area contributed by atoms with Crippen LogP contribution in [-0.2, 0) is 16.0 Å². The topological polar surface area (TPSA) is 105 Å². The molecule has 27 heavy (non-hydrogen) atoms. The van der Waals surface area contributed by atoms with Gasteiger partial charge >= 0.3 is 5.97 Å². The number of nitrogens with zero attached hydrogens (tertiary/aromatic N) is 1. The second-order valence-electron chi connectivity index (χ2n) is 5.86. The van der Waals surface area contributed by atoms with Crippen LogP contribution in [0.2, 0.25) is 0 Å². The van der Waals surface area contributed by atoms with Gasteiger partial charge in [0.25, 0.3) is 5.91 Å². The largest absolute Gasteiger partial charge is 0.493 e. The highest BCUT2D eigenvalue weighted by molar-refractivity contribution is 5.97. The number of amides is 2. The van der Waals surface area contributed by atoms with E-state index in [0.29, 0.717) is 23.5 Å². The molecule has 0 fully saturated rings. The van der Waals surface area contributed by atoms with E-state index in [0.717, 1.165) is 0 Å². The molecule has 148 valence electrons. The summed E-state index contributed by atoms with van der Waals surface area (Å²) in [5, 5.41) is 11.9. The predicted molar refractivity (Wildman–Crippen MR) is 100 cm³/mol. The van der Waals surface area contributed by atoms with Gasteiger partial charge in [-0.3, -0.25) is 9.59 Å². The number of aliphatic carboxylic acids is 1. The Labute approximate surface area is 158 Å². The lowest BCUT2D eigenvalue weighted by atomic mass is 10.0. The molecule has 1 atom stereocenters. The van der Waals surface area contributed by atoms with Crippen molar-refractivity contribution in [3.8, 4) is 11.5 Å². The molecule has 0 radical (unpaired) electrons. The molecular weight excluding hydrogens is 352 g/mol. The Balaban J connectivity index is 3.29. The van der Waals surface area contributed by atoms with Gasteiger partial charge in [0.1, 0.15) is 6.04 Å². The number of rotatable bonds is 10. The van der Waals surface area contributed by atoms with E-state index in [4.69, 9.17) is 9.47 Å². The molecule has 0 saturated heterocycles. The summed E-state index contributed by atoms with van der Waals surface area (Å²) < 4.78 is 10.7. The van der Waals surface area contributed by atoms with Crippen molar-refractivity contribution >= 4 is 17.8 Å². The zero-order valence-corrected chi connectivity index (χ0v) is 16.1. The van der Waals surface area contributed by atoms with Crippen LogP contribution in [0.3, 0.4) is 0 Å². The van der Waals surface area contributed by atoms with E-state index in [1.807, 2.05) is 0 Å². The summed E-state index contributed by atoms with van der Waals surface area (Å²) in [6.45, 7) is 6.66. The predicted octanol–water partition coefficient (Wildman–Crippen LogP) is 1.48. The van der Waals surface area contributed by atoms with E-state index in [9.17, 15) is 19.5 Å². The quantitative estimate of drug-likeness (QED) is 0.598. The SMILES string of the molecule is C=CCc1cc(C(=O)N(CCNC(C)=O)C(C)C(=O)O)cc(OC)c1OC. The Morgan fingerprint density at radius 3 is 2.44 bits per heavy atom. The van der Waals surface area contributed by atoms with Crippen molar-refractivity contribution in [2.75, 3.05) is 27.3 Å². The lowest BCUT2D eigenvalue weighted by Gasteiger charge is -2.27. The van der Waals surface area contributed by atoms with E-state index in [1.165, 1.54) is 39.0 Å². The van der Waals surface area contributed by atoms with E-state index < -0.39 is 17.9 Å². The van der Waals surface area contributed by atoms with Crippen LogP contribution in [0.15, 0.2) is 24.8 Å². The number of carboxylic acid groups (broad SMARTS) is 1. The van der Waals surface area contributed by atoms with Gasteiger partial charge < -0.3 is 24.8 Å². The van der Waals surface area contributed by atoms with Crippen molar-refractivity contribution < 1.29 is 29.0 Å². The Morgan fingerprint density at radius 2 is 1.96 bits per heavy atom. The number of hydrogen-bond donors (Lipinski definition) is 2. The van der Waals surface area contributed by atoms with Gasteiger partial charge in [-0.05, 0) is 25.5 Å². The number of ether oxygens (including phenoxy) is 2. The molecule has 0 heterocycles. The van der Waals surface area contributed by atoms with Crippen molar-refractivity contribution in [1.82, 2.24) is 10.2 Å². The van der Waals surface area contributed by atoms with E-state index in [2.05, 4.69) is 11.9 Å². The molecule has 0 aliphatic carbocycles. The number of carbonyl (C=O) groups excluding carboxylic acids is 2. The smallest absolute Gasteiger partial charge is 0.326 e. The molecule has 0 saturated carbocycles.